The van der Waals surface area contributed by atoms with Gasteiger partial charge in [-0.05, 0) is 42.7 Å². The molecule has 0 amide bonds. The summed E-state index contributed by atoms with van der Waals surface area (Å²) in [7, 11) is 1.75. The second-order valence-electron chi connectivity index (χ2n) is 7.70. The maximum atomic E-state index is 13.4. The van der Waals surface area contributed by atoms with Gasteiger partial charge in [0, 0.05) is 32.2 Å². The quantitative estimate of drug-likeness (QED) is 0.583. The minimum absolute atomic E-state index is 0.104. The molecule has 30 heavy (non-hydrogen) atoms. The van der Waals surface area contributed by atoms with Crippen LogP contribution in [0.1, 0.15) is 18.4 Å². The number of hydrogen-bond donors (Lipinski definition) is 2. The van der Waals surface area contributed by atoms with Crippen molar-refractivity contribution >= 4 is 5.96 Å². The largest absolute Gasteiger partial charge is 0.486 e. The van der Waals surface area contributed by atoms with Gasteiger partial charge < -0.3 is 24.8 Å². The number of para-hydroxylation sites is 2. The third-order valence-electron chi connectivity index (χ3n) is 5.79. The van der Waals surface area contributed by atoms with Crippen molar-refractivity contribution in [3.8, 4) is 11.5 Å². The third kappa shape index (κ3) is 4.67. The van der Waals surface area contributed by atoms with E-state index in [0.717, 1.165) is 29.9 Å². The summed E-state index contributed by atoms with van der Waals surface area (Å²) in [6.45, 7) is 3.13. The highest BCUT2D eigenvalue weighted by Crippen LogP contribution is 2.34. The lowest BCUT2D eigenvalue weighted by molar-refractivity contribution is 0.0513. The zero-order chi connectivity index (χ0) is 20.8. The number of fused-ring (bicyclic) bond motifs is 1. The van der Waals surface area contributed by atoms with E-state index in [1.165, 1.54) is 12.1 Å². The minimum atomic E-state index is -0.220. The van der Waals surface area contributed by atoms with E-state index in [0.29, 0.717) is 38.9 Å². The zero-order valence-corrected chi connectivity index (χ0v) is 17.2. The lowest BCUT2D eigenvalue weighted by atomic mass is 9.74. The number of benzene rings is 2. The summed E-state index contributed by atoms with van der Waals surface area (Å²) >= 11 is 0. The van der Waals surface area contributed by atoms with Crippen molar-refractivity contribution in [3.05, 3.63) is 59.9 Å². The number of ether oxygens (including phenoxy) is 3. The fourth-order valence-corrected chi connectivity index (χ4v) is 3.98. The second-order valence-corrected chi connectivity index (χ2v) is 7.70. The first-order chi connectivity index (χ1) is 14.7. The summed E-state index contributed by atoms with van der Waals surface area (Å²) in [4.78, 5) is 4.35. The predicted octanol–water partition coefficient (Wildman–Crippen LogP) is 2.88. The van der Waals surface area contributed by atoms with Gasteiger partial charge in [0.05, 0.1) is 6.54 Å². The summed E-state index contributed by atoms with van der Waals surface area (Å²) in [5.74, 6) is 2.01. The lowest BCUT2D eigenvalue weighted by Gasteiger charge is -2.38. The zero-order valence-electron chi connectivity index (χ0n) is 17.2. The Morgan fingerprint density at radius 1 is 1.07 bits per heavy atom. The molecule has 1 unspecified atom stereocenters. The molecule has 2 heterocycles. The Labute approximate surface area is 176 Å². The first kappa shape index (κ1) is 20.5. The summed E-state index contributed by atoms with van der Waals surface area (Å²) < 4.78 is 30.8. The van der Waals surface area contributed by atoms with E-state index in [-0.39, 0.29) is 17.3 Å². The molecule has 2 aliphatic rings. The molecule has 1 saturated heterocycles. The Bertz CT molecular complexity index is 866. The molecular weight excluding hydrogens is 385 g/mol. The molecule has 0 aromatic heterocycles. The molecule has 0 spiro atoms. The molecule has 1 fully saturated rings. The lowest BCUT2D eigenvalue weighted by Crippen LogP contribution is -2.50. The predicted molar refractivity (Wildman–Crippen MR) is 114 cm³/mol. The Kier molecular flexibility index (Phi) is 6.38. The Morgan fingerprint density at radius 3 is 2.53 bits per heavy atom. The Morgan fingerprint density at radius 2 is 1.80 bits per heavy atom. The maximum Gasteiger partial charge on any atom is 0.191 e. The molecule has 4 rings (SSSR count). The molecular formula is C23H28FN3O3. The van der Waals surface area contributed by atoms with Crippen LogP contribution in [0, 0.1) is 5.82 Å². The topological polar surface area (TPSA) is 64.1 Å². The highest BCUT2D eigenvalue weighted by molar-refractivity contribution is 5.79. The van der Waals surface area contributed by atoms with Crippen molar-refractivity contribution in [1.82, 2.24) is 10.6 Å². The van der Waals surface area contributed by atoms with Gasteiger partial charge >= 0.3 is 0 Å². The molecule has 0 aliphatic carbocycles. The van der Waals surface area contributed by atoms with E-state index in [4.69, 9.17) is 14.2 Å². The molecule has 2 N–H and O–H groups in total. The minimum Gasteiger partial charge on any atom is -0.486 e. The summed E-state index contributed by atoms with van der Waals surface area (Å²) in [5, 5.41) is 6.77. The molecule has 2 aliphatic heterocycles. The first-order valence-corrected chi connectivity index (χ1v) is 10.4. The molecule has 0 radical (unpaired) electrons. The van der Waals surface area contributed by atoms with Crippen LogP contribution >= 0.6 is 0 Å². The molecule has 6 nitrogen and oxygen atoms in total. The average molecular weight is 413 g/mol. The molecule has 7 heteroatoms. The second kappa shape index (κ2) is 9.34. The number of guanidine groups is 1. The maximum absolute atomic E-state index is 13.4. The average Bonchev–Trinajstić information content (AvgIpc) is 2.80. The van der Waals surface area contributed by atoms with Crippen LogP contribution in [0.25, 0.3) is 0 Å². The van der Waals surface area contributed by atoms with E-state index in [1.54, 1.807) is 7.05 Å². The Hall–Kier alpha value is -2.80. The van der Waals surface area contributed by atoms with Crippen LogP contribution in [-0.2, 0) is 10.2 Å². The molecule has 160 valence electrons. The number of aliphatic imine (C=N–C) groups is 1. The van der Waals surface area contributed by atoms with E-state index >= 15 is 0 Å². The smallest absolute Gasteiger partial charge is 0.191 e. The van der Waals surface area contributed by atoms with Crippen molar-refractivity contribution in [3.63, 3.8) is 0 Å². The first-order valence-electron chi connectivity index (χ1n) is 10.4. The number of nitrogens with zero attached hydrogens (tertiary/aromatic N) is 1. The normalized spacial score (nSPS) is 20.5. The summed E-state index contributed by atoms with van der Waals surface area (Å²) in [5.41, 5.74) is 1.00. The summed E-state index contributed by atoms with van der Waals surface area (Å²) in [6, 6.07) is 14.5. The van der Waals surface area contributed by atoms with Gasteiger partial charge in [0.1, 0.15) is 18.5 Å². The van der Waals surface area contributed by atoms with E-state index in [2.05, 4.69) is 15.6 Å². The van der Waals surface area contributed by atoms with Gasteiger partial charge in [0.2, 0.25) is 0 Å². The Balaban J connectivity index is 1.35. The van der Waals surface area contributed by atoms with E-state index in [9.17, 15) is 4.39 Å². The number of nitrogens with one attached hydrogen (secondary N) is 2. The molecule has 2 aromatic rings. The van der Waals surface area contributed by atoms with Crippen LogP contribution in [0.4, 0.5) is 4.39 Å². The highest BCUT2D eigenvalue weighted by atomic mass is 19.1. The monoisotopic (exact) mass is 413 g/mol. The van der Waals surface area contributed by atoms with Gasteiger partial charge in [-0.25, -0.2) is 4.39 Å². The van der Waals surface area contributed by atoms with Crippen LogP contribution in [0.15, 0.2) is 53.5 Å². The van der Waals surface area contributed by atoms with Gasteiger partial charge in [-0.15, -0.1) is 0 Å². The van der Waals surface area contributed by atoms with Gasteiger partial charge in [0.15, 0.2) is 17.5 Å². The number of hydrogen-bond acceptors (Lipinski definition) is 4. The van der Waals surface area contributed by atoms with Crippen molar-refractivity contribution < 1.29 is 18.6 Å². The van der Waals surface area contributed by atoms with Crippen molar-refractivity contribution in [2.24, 2.45) is 4.99 Å². The van der Waals surface area contributed by atoms with Crippen LogP contribution in [0.2, 0.25) is 0 Å². The SMILES string of the molecule is CN=C(NCC1COc2ccccc2O1)NCC1(c2ccc(F)cc2)CCOCC1. The van der Waals surface area contributed by atoms with Crippen molar-refractivity contribution in [1.29, 1.82) is 0 Å². The van der Waals surface area contributed by atoms with E-state index < -0.39 is 0 Å². The fourth-order valence-electron chi connectivity index (χ4n) is 3.98. The van der Waals surface area contributed by atoms with Gasteiger partial charge in [-0.2, -0.15) is 0 Å². The molecule has 1 atom stereocenters. The van der Waals surface area contributed by atoms with Crippen LogP contribution in [0.3, 0.4) is 0 Å². The van der Waals surface area contributed by atoms with Crippen molar-refractivity contribution in [2.75, 3.05) is 40.0 Å². The number of halogens is 1. The fraction of sp³-hybridized carbons (Fsp3) is 0.435. The van der Waals surface area contributed by atoms with Crippen LogP contribution in [0.5, 0.6) is 11.5 Å². The molecule has 0 bridgehead atoms. The summed E-state index contributed by atoms with van der Waals surface area (Å²) in [6.07, 6.45) is 1.64. The van der Waals surface area contributed by atoms with Crippen LogP contribution < -0.4 is 20.1 Å². The number of rotatable bonds is 5. The van der Waals surface area contributed by atoms with Crippen LogP contribution in [-0.4, -0.2) is 52.0 Å². The van der Waals surface area contributed by atoms with Gasteiger partial charge in [0.25, 0.3) is 0 Å². The highest BCUT2D eigenvalue weighted by Gasteiger charge is 2.34. The van der Waals surface area contributed by atoms with Crippen molar-refractivity contribution in [2.45, 2.75) is 24.4 Å². The van der Waals surface area contributed by atoms with E-state index in [1.807, 2.05) is 36.4 Å². The molecule has 2 aromatic carbocycles. The van der Waals surface area contributed by atoms with Gasteiger partial charge in [-0.3, -0.25) is 4.99 Å². The molecule has 0 saturated carbocycles. The third-order valence-corrected chi connectivity index (χ3v) is 5.79. The standard InChI is InChI=1S/C23H28FN3O3/c1-25-22(26-14-19-15-29-20-4-2-3-5-21(20)30-19)27-16-23(10-12-28-13-11-23)17-6-8-18(24)9-7-17/h2-9,19H,10-16H2,1H3,(H2,25,26,27). The van der Waals surface area contributed by atoms with Gasteiger partial charge in [-0.1, -0.05) is 24.3 Å².